The Labute approximate surface area is 194 Å². The van der Waals surface area contributed by atoms with Gasteiger partial charge in [-0.3, -0.25) is 4.79 Å². The predicted octanol–water partition coefficient (Wildman–Crippen LogP) is 6.75. The molecule has 0 atom stereocenters. The van der Waals surface area contributed by atoms with Crippen LogP contribution in [0.5, 0.6) is 11.5 Å². The summed E-state index contributed by atoms with van der Waals surface area (Å²) in [7, 11) is 0. The lowest BCUT2D eigenvalue weighted by atomic mass is 10.2. The van der Waals surface area contributed by atoms with E-state index >= 15 is 0 Å². The molecule has 0 fully saturated rings. The number of carbonyl (C=O) groups is 2. The summed E-state index contributed by atoms with van der Waals surface area (Å²) < 4.78 is 24.9. The van der Waals surface area contributed by atoms with Crippen LogP contribution < -0.4 is 10.1 Å². The fourth-order valence-corrected chi connectivity index (χ4v) is 2.93. The maximum atomic E-state index is 14.5. The molecule has 0 aliphatic heterocycles. The third-order valence-corrected chi connectivity index (χ3v) is 4.92. The molecule has 164 valence electrons. The number of ether oxygens (including phenoxy) is 2. The zero-order chi connectivity index (χ0) is 23.1. The fraction of sp³-hybridized carbons (Fsp3) is 0.0833. The SMILES string of the molecule is CCOC(=O)/C=C/c1ccc(Oc2ccc(NC(=O)c3ccc(Cl)c(Cl)c3)cc2F)cc1. The fourth-order valence-electron chi connectivity index (χ4n) is 2.63. The van der Waals surface area contributed by atoms with Crippen LogP contribution in [0.25, 0.3) is 6.08 Å². The van der Waals surface area contributed by atoms with Gasteiger partial charge in [-0.1, -0.05) is 35.3 Å². The number of esters is 1. The van der Waals surface area contributed by atoms with Crippen LogP contribution in [0, 0.1) is 5.82 Å². The molecule has 0 aliphatic carbocycles. The highest BCUT2D eigenvalue weighted by molar-refractivity contribution is 6.42. The van der Waals surface area contributed by atoms with Crippen LogP contribution in [-0.4, -0.2) is 18.5 Å². The molecule has 0 bridgehead atoms. The molecule has 0 radical (unpaired) electrons. The summed E-state index contributed by atoms with van der Waals surface area (Å²) in [5.74, 6) is -1.13. The summed E-state index contributed by atoms with van der Waals surface area (Å²) >= 11 is 11.8. The zero-order valence-corrected chi connectivity index (χ0v) is 18.4. The molecule has 0 aromatic heterocycles. The second kappa shape index (κ2) is 10.8. The minimum atomic E-state index is -0.650. The molecule has 3 aromatic rings. The van der Waals surface area contributed by atoms with E-state index in [1.807, 2.05) is 0 Å². The van der Waals surface area contributed by atoms with Crippen LogP contribution in [0.2, 0.25) is 10.0 Å². The predicted molar refractivity (Wildman–Crippen MR) is 123 cm³/mol. The lowest BCUT2D eigenvalue weighted by Gasteiger charge is -2.10. The van der Waals surface area contributed by atoms with Crippen molar-refractivity contribution in [3.63, 3.8) is 0 Å². The van der Waals surface area contributed by atoms with Crippen molar-refractivity contribution in [2.75, 3.05) is 11.9 Å². The average molecular weight is 474 g/mol. The quantitative estimate of drug-likeness (QED) is 0.304. The molecule has 0 unspecified atom stereocenters. The maximum absolute atomic E-state index is 14.5. The lowest BCUT2D eigenvalue weighted by molar-refractivity contribution is -0.137. The number of hydrogen-bond acceptors (Lipinski definition) is 4. The summed E-state index contributed by atoms with van der Waals surface area (Å²) in [4.78, 5) is 23.7. The molecule has 0 saturated heterocycles. The number of amides is 1. The van der Waals surface area contributed by atoms with Crippen molar-refractivity contribution in [2.45, 2.75) is 6.92 Å². The van der Waals surface area contributed by atoms with Crippen molar-refractivity contribution in [1.82, 2.24) is 0 Å². The Bertz CT molecular complexity index is 1160. The van der Waals surface area contributed by atoms with Crippen molar-refractivity contribution >= 4 is 46.8 Å². The normalized spacial score (nSPS) is 10.8. The number of benzene rings is 3. The van der Waals surface area contributed by atoms with E-state index in [0.29, 0.717) is 17.4 Å². The first-order chi connectivity index (χ1) is 15.4. The monoisotopic (exact) mass is 473 g/mol. The number of nitrogens with one attached hydrogen (secondary N) is 1. The molecule has 1 N–H and O–H groups in total. The van der Waals surface area contributed by atoms with Crippen molar-refractivity contribution in [1.29, 1.82) is 0 Å². The molecule has 0 saturated carbocycles. The summed E-state index contributed by atoms with van der Waals surface area (Å²) in [6, 6.07) is 15.3. The number of anilines is 1. The molecule has 1 amide bonds. The Morgan fingerprint density at radius 1 is 1.00 bits per heavy atom. The maximum Gasteiger partial charge on any atom is 0.330 e. The molecule has 3 aromatic carbocycles. The van der Waals surface area contributed by atoms with Gasteiger partial charge in [0, 0.05) is 23.4 Å². The second-order valence-electron chi connectivity index (χ2n) is 6.48. The Hall–Kier alpha value is -3.35. The van der Waals surface area contributed by atoms with Gasteiger partial charge in [-0.25, -0.2) is 9.18 Å². The van der Waals surface area contributed by atoms with Gasteiger partial charge in [0.15, 0.2) is 11.6 Å². The Balaban J connectivity index is 1.64. The van der Waals surface area contributed by atoms with Gasteiger partial charge in [-0.05, 0) is 61.0 Å². The highest BCUT2D eigenvalue weighted by Gasteiger charge is 2.11. The number of rotatable bonds is 7. The van der Waals surface area contributed by atoms with Gasteiger partial charge in [0.25, 0.3) is 5.91 Å². The summed E-state index contributed by atoms with van der Waals surface area (Å²) in [5.41, 5.74) is 1.30. The first kappa shape index (κ1) is 23.3. The Kier molecular flexibility index (Phi) is 7.87. The van der Waals surface area contributed by atoms with Crippen LogP contribution in [-0.2, 0) is 9.53 Å². The van der Waals surface area contributed by atoms with Crippen molar-refractivity contribution in [2.24, 2.45) is 0 Å². The minimum absolute atomic E-state index is 0.00708. The van der Waals surface area contributed by atoms with E-state index in [9.17, 15) is 14.0 Å². The molecule has 5 nitrogen and oxygen atoms in total. The standard InChI is InChI=1S/C24H18Cl2FNO4/c1-2-31-23(29)12-5-15-3-8-18(9-4-15)32-22-11-7-17(14-21(22)27)28-24(30)16-6-10-19(25)20(26)13-16/h3-14H,2H2,1H3,(H,28,30)/b12-5+. The molecule has 32 heavy (non-hydrogen) atoms. The van der Waals surface area contributed by atoms with Crippen LogP contribution in [0.4, 0.5) is 10.1 Å². The van der Waals surface area contributed by atoms with Crippen LogP contribution in [0.15, 0.2) is 66.7 Å². The zero-order valence-electron chi connectivity index (χ0n) is 16.9. The second-order valence-corrected chi connectivity index (χ2v) is 7.30. The third-order valence-electron chi connectivity index (χ3n) is 4.18. The first-order valence-electron chi connectivity index (χ1n) is 9.54. The van der Waals surface area contributed by atoms with Crippen molar-refractivity contribution in [3.05, 3.63) is 93.7 Å². The van der Waals surface area contributed by atoms with Gasteiger partial charge in [0.2, 0.25) is 0 Å². The van der Waals surface area contributed by atoms with E-state index in [1.54, 1.807) is 37.3 Å². The number of hydrogen-bond donors (Lipinski definition) is 1. The molecule has 0 heterocycles. The van der Waals surface area contributed by atoms with Crippen molar-refractivity contribution in [3.8, 4) is 11.5 Å². The van der Waals surface area contributed by atoms with E-state index in [4.69, 9.17) is 32.7 Å². The summed E-state index contributed by atoms with van der Waals surface area (Å²) in [6.07, 6.45) is 2.93. The average Bonchev–Trinajstić information content (AvgIpc) is 2.77. The van der Waals surface area contributed by atoms with Gasteiger partial charge in [-0.15, -0.1) is 0 Å². The van der Waals surface area contributed by atoms with E-state index < -0.39 is 17.7 Å². The van der Waals surface area contributed by atoms with E-state index in [2.05, 4.69) is 5.32 Å². The van der Waals surface area contributed by atoms with Crippen LogP contribution >= 0.6 is 23.2 Å². The van der Waals surface area contributed by atoms with Crippen LogP contribution in [0.1, 0.15) is 22.8 Å². The largest absolute Gasteiger partial charge is 0.463 e. The summed E-state index contributed by atoms with van der Waals surface area (Å²) in [5, 5.41) is 3.17. The lowest BCUT2D eigenvalue weighted by Crippen LogP contribution is -2.12. The van der Waals surface area contributed by atoms with Crippen LogP contribution in [0.3, 0.4) is 0 Å². The highest BCUT2D eigenvalue weighted by Crippen LogP contribution is 2.28. The molecule has 8 heteroatoms. The first-order valence-corrected chi connectivity index (χ1v) is 10.3. The minimum Gasteiger partial charge on any atom is -0.463 e. The molecular formula is C24H18Cl2FNO4. The van der Waals surface area contributed by atoms with Gasteiger partial charge in [0.05, 0.1) is 16.7 Å². The van der Waals surface area contributed by atoms with E-state index in [1.165, 1.54) is 36.4 Å². The van der Waals surface area contributed by atoms with Gasteiger partial charge in [-0.2, -0.15) is 0 Å². The smallest absolute Gasteiger partial charge is 0.330 e. The van der Waals surface area contributed by atoms with Crippen molar-refractivity contribution < 1.29 is 23.5 Å². The number of carbonyl (C=O) groups excluding carboxylic acids is 2. The molecule has 3 rings (SSSR count). The molecule has 0 aliphatic rings. The van der Waals surface area contributed by atoms with E-state index in [-0.39, 0.29) is 22.0 Å². The molecular weight excluding hydrogens is 456 g/mol. The third kappa shape index (κ3) is 6.33. The summed E-state index contributed by atoms with van der Waals surface area (Å²) in [6.45, 7) is 2.03. The van der Waals surface area contributed by atoms with Gasteiger partial charge < -0.3 is 14.8 Å². The Morgan fingerprint density at radius 3 is 2.41 bits per heavy atom. The van der Waals surface area contributed by atoms with E-state index in [0.717, 1.165) is 11.6 Å². The van der Waals surface area contributed by atoms with Gasteiger partial charge >= 0.3 is 5.97 Å². The van der Waals surface area contributed by atoms with Gasteiger partial charge in [0.1, 0.15) is 5.75 Å². The topological polar surface area (TPSA) is 64.6 Å². The highest BCUT2D eigenvalue weighted by atomic mass is 35.5. The molecule has 0 spiro atoms. The number of halogens is 3. The Morgan fingerprint density at radius 2 is 1.75 bits per heavy atom.